The van der Waals surface area contributed by atoms with Crippen LogP contribution < -0.4 is 0 Å². The van der Waals surface area contributed by atoms with Gasteiger partial charge in [-0.3, -0.25) is 14.4 Å². The SMILES string of the molecule is C=CCN(C(=O)C1N([C@@H](CC)CO)C(=O)[C@@H]2[C@@H](C(=O)O)[C@@]3(C)CCC12S3)C(C)(C)C. The maximum absolute atomic E-state index is 14.0. The molecule has 3 saturated heterocycles. The number of aliphatic carboxylic acids is 1. The lowest BCUT2D eigenvalue weighted by atomic mass is 9.66. The average Bonchev–Trinajstić information content (AvgIpc) is 3.21. The van der Waals surface area contributed by atoms with Gasteiger partial charge in [0.15, 0.2) is 0 Å². The number of amides is 2. The molecule has 0 aromatic rings. The van der Waals surface area contributed by atoms with Crippen LogP contribution in [0.2, 0.25) is 0 Å². The van der Waals surface area contributed by atoms with Crippen LogP contribution >= 0.6 is 11.8 Å². The second-order valence-corrected chi connectivity index (χ2v) is 11.9. The Morgan fingerprint density at radius 3 is 2.50 bits per heavy atom. The molecule has 2 N–H and O–H groups in total. The van der Waals surface area contributed by atoms with E-state index in [0.717, 1.165) is 0 Å². The number of carbonyl (C=O) groups is 3. The summed E-state index contributed by atoms with van der Waals surface area (Å²) in [5, 5.41) is 20.0. The molecule has 30 heavy (non-hydrogen) atoms. The fourth-order valence-electron chi connectivity index (χ4n) is 5.80. The highest BCUT2D eigenvalue weighted by atomic mass is 32.2. The molecule has 3 aliphatic rings. The van der Waals surface area contributed by atoms with Gasteiger partial charge in [0, 0.05) is 16.8 Å². The Morgan fingerprint density at radius 1 is 1.40 bits per heavy atom. The van der Waals surface area contributed by atoms with Gasteiger partial charge < -0.3 is 20.0 Å². The van der Waals surface area contributed by atoms with Gasteiger partial charge >= 0.3 is 5.97 Å². The van der Waals surface area contributed by atoms with Gasteiger partial charge in [0.05, 0.1) is 29.2 Å². The van der Waals surface area contributed by atoms with Crippen molar-refractivity contribution in [3.8, 4) is 0 Å². The van der Waals surface area contributed by atoms with E-state index in [1.807, 2.05) is 34.6 Å². The molecular weight excluding hydrogens is 404 g/mol. The van der Waals surface area contributed by atoms with Gasteiger partial charge in [-0.25, -0.2) is 0 Å². The van der Waals surface area contributed by atoms with E-state index in [1.54, 1.807) is 11.0 Å². The summed E-state index contributed by atoms with van der Waals surface area (Å²) in [5.74, 6) is -3.05. The molecule has 1 spiro atoms. The fourth-order valence-corrected chi connectivity index (χ4v) is 8.13. The number of carboxylic acids is 1. The first-order valence-electron chi connectivity index (χ1n) is 10.7. The van der Waals surface area contributed by atoms with Gasteiger partial charge in [0.25, 0.3) is 0 Å². The predicted octanol–water partition coefficient (Wildman–Crippen LogP) is 2.14. The van der Waals surface area contributed by atoms with Crippen LogP contribution in [0.25, 0.3) is 0 Å². The molecule has 168 valence electrons. The number of aliphatic hydroxyl groups is 1. The standard InChI is InChI=1S/C22H34N2O5S/c1-7-11-23(20(3,4)5)18(27)16-22-10-9-21(6,30-22)15(19(28)29)14(22)17(26)24(16)13(8-2)12-25/h7,13-16,25H,1,8-12H2,2-6H3,(H,28,29)/t13-,14-,15-,16?,21+,22?/m0/s1. The summed E-state index contributed by atoms with van der Waals surface area (Å²) in [6, 6.07) is -1.30. The van der Waals surface area contributed by atoms with Crippen molar-refractivity contribution in [1.82, 2.24) is 9.80 Å². The minimum absolute atomic E-state index is 0.187. The van der Waals surface area contributed by atoms with Crippen LogP contribution in [0.4, 0.5) is 0 Å². The van der Waals surface area contributed by atoms with Crippen molar-refractivity contribution in [1.29, 1.82) is 0 Å². The third-order valence-electron chi connectivity index (χ3n) is 7.18. The molecular formula is C22H34N2O5S. The molecule has 8 heteroatoms. The third kappa shape index (κ3) is 3.09. The van der Waals surface area contributed by atoms with Crippen LogP contribution in [-0.2, 0) is 14.4 Å². The molecule has 3 heterocycles. The van der Waals surface area contributed by atoms with Crippen molar-refractivity contribution in [3.63, 3.8) is 0 Å². The highest BCUT2D eigenvalue weighted by molar-refractivity contribution is 8.02. The van der Waals surface area contributed by atoms with E-state index in [4.69, 9.17) is 0 Å². The first-order chi connectivity index (χ1) is 13.9. The molecule has 6 atom stereocenters. The van der Waals surface area contributed by atoms with Crippen molar-refractivity contribution in [3.05, 3.63) is 12.7 Å². The van der Waals surface area contributed by atoms with Crippen molar-refractivity contribution < 1.29 is 24.6 Å². The predicted molar refractivity (Wildman–Crippen MR) is 116 cm³/mol. The number of thioether (sulfide) groups is 1. The van der Waals surface area contributed by atoms with Gasteiger partial charge in [-0.2, -0.15) is 0 Å². The van der Waals surface area contributed by atoms with Crippen LogP contribution in [0.5, 0.6) is 0 Å². The van der Waals surface area contributed by atoms with E-state index < -0.39 is 44.9 Å². The summed E-state index contributed by atoms with van der Waals surface area (Å²) in [6.45, 7) is 13.5. The maximum Gasteiger partial charge on any atom is 0.308 e. The topological polar surface area (TPSA) is 98.2 Å². The molecule has 0 aromatic carbocycles. The number of fused-ring (bicyclic) bond motifs is 1. The van der Waals surface area contributed by atoms with Crippen LogP contribution in [-0.4, -0.2) is 78.1 Å². The number of aliphatic hydroxyl groups excluding tert-OH is 1. The molecule has 7 nitrogen and oxygen atoms in total. The monoisotopic (exact) mass is 438 g/mol. The number of carboxylic acid groups (broad SMARTS) is 1. The Morgan fingerprint density at radius 2 is 2.03 bits per heavy atom. The molecule has 0 saturated carbocycles. The summed E-state index contributed by atoms with van der Waals surface area (Å²) in [4.78, 5) is 43.2. The van der Waals surface area contributed by atoms with Crippen LogP contribution in [0.3, 0.4) is 0 Å². The molecule has 2 bridgehead atoms. The van der Waals surface area contributed by atoms with Gasteiger partial charge in [0.2, 0.25) is 11.8 Å². The zero-order valence-electron chi connectivity index (χ0n) is 18.6. The summed E-state index contributed by atoms with van der Waals surface area (Å²) in [7, 11) is 0. The maximum atomic E-state index is 14.0. The summed E-state index contributed by atoms with van der Waals surface area (Å²) < 4.78 is -1.35. The number of nitrogens with zero attached hydrogens (tertiary/aromatic N) is 2. The molecule has 0 radical (unpaired) electrons. The smallest absolute Gasteiger partial charge is 0.308 e. The highest BCUT2D eigenvalue weighted by Gasteiger charge is 2.78. The zero-order chi connectivity index (χ0) is 22.6. The van der Waals surface area contributed by atoms with Gasteiger partial charge in [-0.15, -0.1) is 18.3 Å². The van der Waals surface area contributed by atoms with Crippen LogP contribution in [0.15, 0.2) is 12.7 Å². The first-order valence-corrected chi connectivity index (χ1v) is 11.5. The molecule has 2 unspecified atom stereocenters. The summed E-state index contributed by atoms with van der Waals surface area (Å²) >= 11 is 1.52. The Hall–Kier alpha value is -1.54. The fraction of sp³-hybridized carbons (Fsp3) is 0.773. The van der Waals surface area contributed by atoms with E-state index in [9.17, 15) is 24.6 Å². The van der Waals surface area contributed by atoms with Gasteiger partial charge in [-0.1, -0.05) is 13.0 Å². The molecule has 3 rings (SSSR count). The Bertz CT molecular complexity index is 761. The van der Waals surface area contributed by atoms with E-state index in [2.05, 4.69) is 6.58 Å². The average molecular weight is 439 g/mol. The van der Waals surface area contributed by atoms with Crippen LogP contribution in [0.1, 0.15) is 53.9 Å². The molecule has 0 aliphatic carbocycles. The minimum atomic E-state index is -0.978. The quantitative estimate of drug-likeness (QED) is 0.591. The number of hydrogen-bond acceptors (Lipinski definition) is 5. The second-order valence-electron chi connectivity index (χ2n) is 9.96. The number of rotatable bonds is 7. The van der Waals surface area contributed by atoms with E-state index in [1.165, 1.54) is 16.7 Å². The van der Waals surface area contributed by atoms with Crippen molar-refractivity contribution in [2.45, 2.75) is 81.0 Å². The normalized spacial score (nSPS) is 36.0. The molecule has 3 aliphatic heterocycles. The van der Waals surface area contributed by atoms with Gasteiger partial charge in [-0.05, 0) is 47.0 Å². The van der Waals surface area contributed by atoms with E-state index >= 15 is 0 Å². The molecule has 2 amide bonds. The van der Waals surface area contributed by atoms with Crippen molar-refractivity contribution in [2.75, 3.05) is 13.2 Å². The molecule has 0 aromatic heterocycles. The van der Waals surface area contributed by atoms with Crippen molar-refractivity contribution >= 4 is 29.5 Å². The number of hydrogen-bond donors (Lipinski definition) is 2. The van der Waals surface area contributed by atoms with E-state index in [-0.39, 0.29) is 18.4 Å². The zero-order valence-corrected chi connectivity index (χ0v) is 19.4. The van der Waals surface area contributed by atoms with Gasteiger partial charge in [0.1, 0.15) is 6.04 Å². The highest BCUT2D eigenvalue weighted by Crippen LogP contribution is 2.71. The Balaban J connectivity index is 2.17. The lowest BCUT2D eigenvalue weighted by Crippen LogP contribution is -2.60. The Kier molecular flexibility index (Phi) is 5.82. The Labute approximate surface area is 182 Å². The number of carbonyl (C=O) groups excluding carboxylic acids is 2. The third-order valence-corrected chi connectivity index (χ3v) is 9.16. The van der Waals surface area contributed by atoms with E-state index in [0.29, 0.717) is 25.8 Å². The summed E-state index contributed by atoms with van der Waals surface area (Å²) in [6.07, 6.45) is 3.44. The molecule has 3 fully saturated rings. The second kappa shape index (κ2) is 7.55. The minimum Gasteiger partial charge on any atom is -0.481 e. The summed E-state index contributed by atoms with van der Waals surface area (Å²) in [5.41, 5.74) is -0.493. The van der Waals surface area contributed by atoms with Crippen LogP contribution in [0, 0.1) is 11.8 Å². The largest absolute Gasteiger partial charge is 0.481 e. The lowest BCUT2D eigenvalue weighted by Gasteiger charge is -2.43. The van der Waals surface area contributed by atoms with Crippen molar-refractivity contribution in [2.24, 2.45) is 11.8 Å². The first kappa shape index (κ1) is 23.1. The lowest BCUT2D eigenvalue weighted by molar-refractivity contribution is -0.151. The number of likely N-dealkylation sites (tertiary alicyclic amines) is 1.